The minimum absolute atomic E-state index is 0.0471. The van der Waals surface area contributed by atoms with Gasteiger partial charge in [-0.05, 0) is 30.7 Å². The Kier molecular flexibility index (Phi) is 4.82. The third kappa shape index (κ3) is 3.94. The summed E-state index contributed by atoms with van der Waals surface area (Å²) in [6.45, 7) is 7.25. The van der Waals surface area contributed by atoms with Crippen molar-refractivity contribution in [1.29, 1.82) is 0 Å². The molecule has 0 aliphatic heterocycles. The van der Waals surface area contributed by atoms with Gasteiger partial charge in [-0.1, -0.05) is 32.9 Å². The fourth-order valence-electron chi connectivity index (χ4n) is 2.22. The summed E-state index contributed by atoms with van der Waals surface area (Å²) in [5.74, 6) is -0.230. The number of fused-ring (bicyclic) bond motifs is 1. The van der Waals surface area contributed by atoms with E-state index in [1.54, 1.807) is 19.1 Å². The van der Waals surface area contributed by atoms with Crippen LogP contribution in [0.4, 0.5) is 5.00 Å². The average Bonchev–Trinajstić information content (AvgIpc) is 3.14. The van der Waals surface area contributed by atoms with Crippen LogP contribution in [0.15, 0.2) is 34.7 Å². The molecule has 3 aromatic rings. The number of hydrogen-bond donors (Lipinski definition) is 1. The molecular formula is C19H20N2O4S. The molecule has 1 aromatic carbocycles. The van der Waals surface area contributed by atoms with E-state index in [4.69, 9.17) is 9.15 Å². The number of aryl methyl sites for hydroxylation is 1. The summed E-state index contributed by atoms with van der Waals surface area (Å²) in [6, 6.07) is 9.12. The maximum absolute atomic E-state index is 12.4. The van der Waals surface area contributed by atoms with E-state index in [0.717, 1.165) is 11.1 Å². The number of oxazole rings is 1. The zero-order valence-electron chi connectivity index (χ0n) is 15.1. The number of anilines is 1. The van der Waals surface area contributed by atoms with Crippen molar-refractivity contribution in [3.05, 3.63) is 46.7 Å². The number of thiophene rings is 1. The zero-order chi connectivity index (χ0) is 18.9. The van der Waals surface area contributed by atoms with Crippen molar-refractivity contribution >= 4 is 39.3 Å². The number of ether oxygens (including phenoxy) is 1. The number of para-hydroxylation sites is 2. The van der Waals surface area contributed by atoms with Crippen LogP contribution in [0.1, 0.15) is 41.9 Å². The second kappa shape index (κ2) is 6.92. The van der Waals surface area contributed by atoms with Crippen LogP contribution in [0.3, 0.4) is 0 Å². The standard InChI is InChI=1S/C19H20N2O4S/c1-11-9-15(21-18(23)19(2,3)4)26-16(11)17(22)24-10-14-20-12-7-5-6-8-13(12)25-14/h5-9H,10H2,1-4H3,(H,21,23). The van der Waals surface area contributed by atoms with Gasteiger partial charge in [0.25, 0.3) is 0 Å². The van der Waals surface area contributed by atoms with Gasteiger partial charge in [-0.2, -0.15) is 0 Å². The third-order valence-electron chi connectivity index (χ3n) is 3.69. The van der Waals surface area contributed by atoms with Crippen LogP contribution >= 0.6 is 11.3 Å². The van der Waals surface area contributed by atoms with Crippen LogP contribution in [0, 0.1) is 12.3 Å². The highest BCUT2D eigenvalue weighted by atomic mass is 32.1. The summed E-state index contributed by atoms with van der Waals surface area (Å²) in [7, 11) is 0. The van der Waals surface area contributed by atoms with Crippen LogP contribution in [0.2, 0.25) is 0 Å². The Morgan fingerprint density at radius 1 is 1.27 bits per heavy atom. The van der Waals surface area contributed by atoms with Gasteiger partial charge in [0.1, 0.15) is 10.4 Å². The highest BCUT2D eigenvalue weighted by Gasteiger charge is 2.23. The number of amides is 1. The molecule has 1 N–H and O–H groups in total. The molecule has 0 unspecified atom stereocenters. The molecule has 0 spiro atoms. The molecule has 0 saturated carbocycles. The molecule has 26 heavy (non-hydrogen) atoms. The van der Waals surface area contributed by atoms with Gasteiger partial charge in [0.15, 0.2) is 12.2 Å². The first kappa shape index (κ1) is 18.1. The lowest BCUT2D eigenvalue weighted by Gasteiger charge is -2.16. The Labute approximate surface area is 155 Å². The summed E-state index contributed by atoms with van der Waals surface area (Å²) >= 11 is 1.19. The summed E-state index contributed by atoms with van der Waals surface area (Å²) in [6.07, 6.45) is 0. The molecule has 0 saturated heterocycles. The second-order valence-electron chi connectivity index (χ2n) is 6.98. The minimum Gasteiger partial charge on any atom is -0.451 e. The lowest BCUT2D eigenvalue weighted by atomic mass is 9.96. The molecule has 0 atom stereocenters. The van der Waals surface area contributed by atoms with Gasteiger partial charge in [0.2, 0.25) is 11.8 Å². The highest BCUT2D eigenvalue weighted by molar-refractivity contribution is 7.18. The van der Waals surface area contributed by atoms with E-state index < -0.39 is 11.4 Å². The smallest absolute Gasteiger partial charge is 0.349 e. The predicted molar refractivity (Wildman–Crippen MR) is 100 cm³/mol. The van der Waals surface area contributed by atoms with E-state index in [2.05, 4.69) is 10.3 Å². The van der Waals surface area contributed by atoms with Crippen LogP contribution in [-0.2, 0) is 16.1 Å². The Balaban J connectivity index is 1.67. The molecule has 6 nitrogen and oxygen atoms in total. The van der Waals surface area contributed by atoms with E-state index in [1.165, 1.54) is 11.3 Å². The van der Waals surface area contributed by atoms with Gasteiger partial charge in [-0.25, -0.2) is 9.78 Å². The van der Waals surface area contributed by atoms with Gasteiger partial charge in [0.05, 0.1) is 5.00 Å². The molecule has 2 aromatic heterocycles. The average molecular weight is 372 g/mol. The lowest BCUT2D eigenvalue weighted by molar-refractivity contribution is -0.123. The Morgan fingerprint density at radius 2 is 2.00 bits per heavy atom. The molecule has 0 aliphatic carbocycles. The maximum Gasteiger partial charge on any atom is 0.349 e. The molecule has 0 fully saturated rings. The van der Waals surface area contributed by atoms with Gasteiger partial charge in [-0.3, -0.25) is 4.79 Å². The molecule has 0 bridgehead atoms. The van der Waals surface area contributed by atoms with Crippen molar-refractivity contribution in [3.63, 3.8) is 0 Å². The largest absolute Gasteiger partial charge is 0.451 e. The van der Waals surface area contributed by atoms with Gasteiger partial charge in [-0.15, -0.1) is 11.3 Å². The fourth-order valence-corrected chi connectivity index (χ4v) is 3.18. The third-order valence-corrected chi connectivity index (χ3v) is 4.82. The second-order valence-corrected chi connectivity index (χ2v) is 8.03. The number of aromatic nitrogens is 1. The summed E-state index contributed by atoms with van der Waals surface area (Å²) in [4.78, 5) is 29.2. The molecular weight excluding hydrogens is 352 g/mol. The first-order valence-electron chi connectivity index (χ1n) is 8.17. The first-order chi connectivity index (χ1) is 12.2. The van der Waals surface area contributed by atoms with Crippen LogP contribution in [0.25, 0.3) is 11.1 Å². The van der Waals surface area contributed by atoms with Gasteiger partial charge < -0.3 is 14.5 Å². The summed E-state index contributed by atoms with van der Waals surface area (Å²) < 4.78 is 10.9. The quantitative estimate of drug-likeness (QED) is 0.680. The predicted octanol–water partition coefficient (Wildman–Crippen LogP) is 4.54. The van der Waals surface area contributed by atoms with Crippen molar-refractivity contribution in [2.75, 3.05) is 5.32 Å². The minimum atomic E-state index is -0.508. The number of nitrogens with one attached hydrogen (secondary N) is 1. The van der Waals surface area contributed by atoms with Crippen molar-refractivity contribution in [2.45, 2.75) is 34.3 Å². The van der Waals surface area contributed by atoms with E-state index in [0.29, 0.717) is 21.4 Å². The van der Waals surface area contributed by atoms with Gasteiger partial charge in [0, 0.05) is 5.41 Å². The molecule has 0 radical (unpaired) electrons. The van der Waals surface area contributed by atoms with E-state index >= 15 is 0 Å². The van der Waals surface area contributed by atoms with Crippen molar-refractivity contribution in [1.82, 2.24) is 4.98 Å². The zero-order valence-corrected chi connectivity index (χ0v) is 15.9. The summed E-state index contributed by atoms with van der Waals surface area (Å²) in [5.41, 5.74) is 1.61. The van der Waals surface area contributed by atoms with Crippen LogP contribution in [-0.4, -0.2) is 16.9 Å². The monoisotopic (exact) mass is 372 g/mol. The summed E-state index contributed by atoms with van der Waals surface area (Å²) in [5, 5.41) is 3.45. The molecule has 136 valence electrons. The number of nitrogens with zero attached hydrogens (tertiary/aromatic N) is 1. The SMILES string of the molecule is Cc1cc(NC(=O)C(C)(C)C)sc1C(=O)OCc1nc2ccccc2o1. The molecule has 2 heterocycles. The van der Waals surface area contributed by atoms with Gasteiger partial charge >= 0.3 is 5.97 Å². The van der Waals surface area contributed by atoms with E-state index in [9.17, 15) is 9.59 Å². The topological polar surface area (TPSA) is 81.4 Å². The Bertz CT molecular complexity index is 932. The number of rotatable bonds is 4. The molecule has 3 rings (SSSR count). The van der Waals surface area contributed by atoms with Crippen LogP contribution < -0.4 is 5.32 Å². The van der Waals surface area contributed by atoms with Crippen LogP contribution in [0.5, 0.6) is 0 Å². The first-order valence-corrected chi connectivity index (χ1v) is 8.99. The number of carbonyl (C=O) groups excluding carboxylic acids is 2. The molecule has 0 aliphatic rings. The van der Waals surface area contributed by atoms with E-state index in [-0.39, 0.29) is 12.5 Å². The lowest BCUT2D eigenvalue weighted by Crippen LogP contribution is -2.27. The molecule has 7 heteroatoms. The highest BCUT2D eigenvalue weighted by Crippen LogP contribution is 2.29. The Hall–Kier alpha value is -2.67. The number of esters is 1. The van der Waals surface area contributed by atoms with Crippen molar-refractivity contribution < 1.29 is 18.7 Å². The van der Waals surface area contributed by atoms with Crippen molar-refractivity contribution in [2.24, 2.45) is 5.41 Å². The number of hydrogen-bond acceptors (Lipinski definition) is 6. The maximum atomic E-state index is 12.4. The fraction of sp³-hybridized carbons (Fsp3) is 0.316. The molecule has 1 amide bonds. The Morgan fingerprint density at radius 3 is 2.69 bits per heavy atom. The van der Waals surface area contributed by atoms with E-state index in [1.807, 2.05) is 39.0 Å². The number of carbonyl (C=O) groups is 2. The van der Waals surface area contributed by atoms with Crippen molar-refractivity contribution in [3.8, 4) is 0 Å². The number of benzene rings is 1. The normalized spacial score (nSPS) is 11.5.